The lowest BCUT2D eigenvalue weighted by molar-refractivity contribution is -0.122. The maximum absolute atomic E-state index is 13.2. The van der Waals surface area contributed by atoms with Crippen LogP contribution < -0.4 is 15.4 Å². The third-order valence-electron chi connectivity index (χ3n) is 4.42. The van der Waals surface area contributed by atoms with E-state index in [9.17, 15) is 13.6 Å². The van der Waals surface area contributed by atoms with Crippen molar-refractivity contribution in [3.8, 4) is 5.75 Å². The summed E-state index contributed by atoms with van der Waals surface area (Å²) in [7, 11) is 3.30. The predicted octanol–water partition coefficient (Wildman–Crippen LogP) is 0.917. The first-order valence-corrected chi connectivity index (χ1v) is 9.55. The van der Waals surface area contributed by atoms with Gasteiger partial charge in [-0.3, -0.25) is 14.7 Å². The van der Waals surface area contributed by atoms with E-state index < -0.39 is 11.6 Å². The fourth-order valence-corrected chi connectivity index (χ4v) is 2.90. The number of nitrogens with zero attached hydrogens (tertiary/aromatic N) is 3. The van der Waals surface area contributed by atoms with E-state index >= 15 is 0 Å². The molecular weight excluding hydrogens is 511 g/mol. The van der Waals surface area contributed by atoms with Crippen LogP contribution in [0.2, 0.25) is 0 Å². The highest BCUT2D eigenvalue weighted by molar-refractivity contribution is 14.0. The van der Waals surface area contributed by atoms with Gasteiger partial charge in [0.2, 0.25) is 5.91 Å². The van der Waals surface area contributed by atoms with Crippen LogP contribution in [-0.4, -0.2) is 94.9 Å². The summed E-state index contributed by atoms with van der Waals surface area (Å²) in [6.45, 7) is 5.13. The summed E-state index contributed by atoms with van der Waals surface area (Å²) in [6.07, 6.45) is 0. The molecule has 30 heavy (non-hydrogen) atoms. The van der Waals surface area contributed by atoms with Crippen LogP contribution in [0.5, 0.6) is 5.75 Å². The van der Waals surface area contributed by atoms with Crippen LogP contribution in [-0.2, 0) is 9.53 Å². The van der Waals surface area contributed by atoms with Crippen molar-refractivity contribution in [1.29, 1.82) is 0 Å². The average molecular weight is 541 g/mol. The first-order chi connectivity index (χ1) is 14.0. The van der Waals surface area contributed by atoms with Gasteiger partial charge in [-0.15, -0.1) is 24.0 Å². The molecule has 1 aromatic carbocycles. The summed E-state index contributed by atoms with van der Waals surface area (Å²) in [6, 6.07) is 3.45. The third kappa shape index (κ3) is 8.96. The lowest BCUT2D eigenvalue weighted by Gasteiger charge is -2.36. The summed E-state index contributed by atoms with van der Waals surface area (Å²) in [5, 5.41) is 6.01. The van der Waals surface area contributed by atoms with Crippen molar-refractivity contribution >= 4 is 35.8 Å². The Morgan fingerprint density at radius 3 is 2.43 bits per heavy atom. The van der Waals surface area contributed by atoms with Crippen molar-refractivity contribution < 1.29 is 23.0 Å². The monoisotopic (exact) mass is 541 g/mol. The zero-order chi connectivity index (χ0) is 21.1. The van der Waals surface area contributed by atoms with Crippen LogP contribution >= 0.6 is 24.0 Å². The second-order valence-electron chi connectivity index (χ2n) is 6.50. The van der Waals surface area contributed by atoms with Crippen molar-refractivity contribution in [1.82, 2.24) is 20.4 Å². The van der Waals surface area contributed by atoms with E-state index in [1.54, 1.807) is 14.2 Å². The van der Waals surface area contributed by atoms with Gasteiger partial charge in [0.05, 0.1) is 19.7 Å². The Balaban J connectivity index is 0.00000450. The number of ether oxygens (including phenoxy) is 2. The van der Waals surface area contributed by atoms with Crippen molar-refractivity contribution in [2.24, 2.45) is 4.99 Å². The number of carbonyl (C=O) groups excluding carboxylic acids is 1. The van der Waals surface area contributed by atoms with E-state index in [0.29, 0.717) is 26.2 Å². The lowest BCUT2D eigenvalue weighted by Crippen LogP contribution is -2.54. The first kappa shape index (κ1) is 26.3. The molecule has 2 N–H and O–H groups in total. The number of aliphatic imine (C=N–C) groups is 1. The number of rotatable bonds is 9. The number of amides is 1. The van der Waals surface area contributed by atoms with Gasteiger partial charge >= 0.3 is 0 Å². The number of benzene rings is 1. The van der Waals surface area contributed by atoms with Gasteiger partial charge in [-0.25, -0.2) is 8.78 Å². The van der Waals surface area contributed by atoms with Gasteiger partial charge < -0.3 is 25.0 Å². The van der Waals surface area contributed by atoms with E-state index in [1.165, 1.54) is 6.07 Å². The Labute approximate surface area is 193 Å². The molecule has 170 valence electrons. The molecule has 0 aliphatic carbocycles. The molecule has 1 fully saturated rings. The van der Waals surface area contributed by atoms with Gasteiger partial charge in [0.25, 0.3) is 0 Å². The van der Waals surface area contributed by atoms with Crippen LogP contribution in [0.25, 0.3) is 0 Å². The molecule has 1 amide bonds. The fourth-order valence-electron chi connectivity index (χ4n) is 2.90. The van der Waals surface area contributed by atoms with Gasteiger partial charge in [-0.2, -0.15) is 0 Å². The Morgan fingerprint density at radius 1 is 1.10 bits per heavy atom. The summed E-state index contributed by atoms with van der Waals surface area (Å²) >= 11 is 0. The number of piperazine rings is 1. The molecule has 2 rings (SSSR count). The molecule has 11 heteroatoms. The van der Waals surface area contributed by atoms with Crippen LogP contribution in [0, 0.1) is 11.6 Å². The van der Waals surface area contributed by atoms with E-state index in [1.807, 2.05) is 0 Å². The number of carbonyl (C=O) groups is 1. The number of hydrogen-bond donors (Lipinski definition) is 2. The molecule has 0 bridgehead atoms. The normalized spacial score (nSPS) is 14.8. The smallest absolute Gasteiger partial charge is 0.234 e. The number of hydrogen-bond acceptors (Lipinski definition) is 5. The van der Waals surface area contributed by atoms with Gasteiger partial charge in [-0.05, 0) is 12.1 Å². The van der Waals surface area contributed by atoms with Crippen LogP contribution in [0.15, 0.2) is 23.2 Å². The van der Waals surface area contributed by atoms with E-state index in [2.05, 4.69) is 25.4 Å². The van der Waals surface area contributed by atoms with Crippen molar-refractivity contribution in [3.63, 3.8) is 0 Å². The highest BCUT2D eigenvalue weighted by Crippen LogP contribution is 2.15. The lowest BCUT2D eigenvalue weighted by atomic mass is 10.3. The minimum absolute atomic E-state index is 0. The molecule has 1 aliphatic rings. The Bertz CT molecular complexity index is 688. The van der Waals surface area contributed by atoms with E-state index in [0.717, 1.165) is 44.3 Å². The van der Waals surface area contributed by atoms with E-state index in [-0.39, 0.29) is 42.2 Å². The molecule has 8 nitrogen and oxygen atoms in total. The topological polar surface area (TPSA) is 78.4 Å². The van der Waals surface area contributed by atoms with Crippen molar-refractivity contribution in [3.05, 3.63) is 29.8 Å². The molecule has 0 saturated carbocycles. The van der Waals surface area contributed by atoms with E-state index in [4.69, 9.17) is 9.47 Å². The Hall–Kier alpha value is -1.73. The zero-order valence-corrected chi connectivity index (χ0v) is 19.7. The molecule has 0 atom stereocenters. The first-order valence-electron chi connectivity index (χ1n) is 9.55. The second-order valence-corrected chi connectivity index (χ2v) is 6.50. The maximum atomic E-state index is 13.2. The second kappa shape index (κ2) is 14.3. The van der Waals surface area contributed by atoms with Crippen molar-refractivity contribution in [2.75, 3.05) is 73.2 Å². The third-order valence-corrected chi connectivity index (χ3v) is 4.42. The fraction of sp³-hybridized carbons (Fsp3) is 0.579. The Morgan fingerprint density at radius 2 is 1.80 bits per heavy atom. The summed E-state index contributed by atoms with van der Waals surface area (Å²) in [4.78, 5) is 20.3. The number of nitrogens with one attached hydrogen (secondary N) is 2. The summed E-state index contributed by atoms with van der Waals surface area (Å²) in [5.74, 6) is -0.826. The highest BCUT2D eigenvalue weighted by Gasteiger charge is 2.21. The summed E-state index contributed by atoms with van der Waals surface area (Å²) < 4.78 is 36.4. The molecule has 0 unspecified atom stereocenters. The highest BCUT2D eigenvalue weighted by atomic mass is 127. The number of guanidine groups is 1. The van der Waals surface area contributed by atoms with Gasteiger partial charge in [0.1, 0.15) is 12.4 Å². The molecular formula is C19H30F2IN5O3. The SMILES string of the molecule is CN=C(NCCOc1ccc(F)c(F)c1)N1CCN(CC(=O)NCCOC)CC1.I. The number of methoxy groups -OCH3 is 1. The standard InChI is InChI=1S/C19H29F2N5O3.HI/c1-22-19(24-6-12-29-15-3-4-16(20)17(21)13-15)26-9-7-25(8-10-26)14-18(27)23-5-11-28-2;/h3-4,13H,5-12,14H2,1-2H3,(H,22,24)(H,23,27);1H. The minimum Gasteiger partial charge on any atom is -0.492 e. The van der Waals surface area contributed by atoms with Crippen LogP contribution in [0.3, 0.4) is 0 Å². The molecule has 1 aromatic rings. The quantitative estimate of drug-likeness (QED) is 0.210. The van der Waals surface area contributed by atoms with Crippen LogP contribution in [0.4, 0.5) is 8.78 Å². The minimum atomic E-state index is -0.934. The predicted molar refractivity (Wildman–Crippen MR) is 122 cm³/mol. The molecule has 1 heterocycles. The number of halogens is 3. The van der Waals surface area contributed by atoms with Gasteiger partial charge in [0, 0.05) is 52.9 Å². The molecule has 1 saturated heterocycles. The van der Waals surface area contributed by atoms with Crippen LogP contribution in [0.1, 0.15) is 0 Å². The molecule has 1 aliphatic heterocycles. The van der Waals surface area contributed by atoms with Gasteiger partial charge in [-0.1, -0.05) is 0 Å². The largest absolute Gasteiger partial charge is 0.492 e. The maximum Gasteiger partial charge on any atom is 0.234 e. The van der Waals surface area contributed by atoms with Gasteiger partial charge in [0.15, 0.2) is 17.6 Å². The summed E-state index contributed by atoms with van der Waals surface area (Å²) in [5.41, 5.74) is 0. The molecule has 0 spiro atoms. The zero-order valence-electron chi connectivity index (χ0n) is 17.3. The Kier molecular flexibility index (Phi) is 12.5. The molecule has 0 aromatic heterocycles. The molecule has 0 radical (unpaired) electrons. The van der Waals surface area contributed by atoms with Crippen molar-refractivity contribution in [2.45, 2.75) is 0 Å². The average Bonchev–Trinajstić information content (AvgIpc) is 2.72.